The molecule has 1 N–H and O–H groups in total. The lowest BCUT2D eigenvalue weighted by atomic mass is 10.5. The van der Waals surface area contributed by atoms with Crippen LogP contribution in [0.15, 0.2) is 11.8 Å². The quantitative estimate of drug-likeness (QED) is 0.338. The van der Waals surface area contributed by atoms with E-state index in [9.17, 15) is 0 Å². The summed E-state index contributed by atoms with van der Waals surface area (Å²) < 4.78 is 0. The molecule has 0 aliphatic rings. The van der Waals surface area contributed by atoms with Gasteiger partial charge in [0.05, 0.1) is 0 Å². The summed E-state index contributed by atoms with van der Waals surface area (Å²) in [4.78, 5) is 2.36. The Hall–Kier alpha value is -0.123. The molecule has 0 aromatic heterocycles. The zero-order valence-corrected chi connectivity index (χ0v) is 9.93. The molecule has 3 heteroatoms. The van der Waals surface area contributed by atoms with Crippen LogP contribution in [0.4, 0.5) is 0 Å². The lowest BCUT2D eigenvalue weighted by molar-refractivity contribution is 0.284. The van der Waals surface area contributed by atoms with Gasteiger partial charge in [-0.3, -0.25) is 4.90 Å². The van der Waals surface area contributed by atoms with Gasteiger partial charge >= 0.3 is 0 Å². The minimum Gasteiger partial charge on any atom is -0.301 e. The minimum absolute atomic E-state index is 1.01. The lowest BCUT2D eigenvalue weighted by Gasteiger charge is -2.17. The molecule has 0 radical (unpaired) electrons. The normalized spacial score (nSPS) is 11.9. The molecule has 0 saturated heterocycles. The largest absolute Gasteiger partial charge is 0.301 e. The third-order valence-corrected chi connectivity index (χ3v) is 2.20. The monoisotopic (exact) mass is 172 g/mol. The molecule has 0 amide bonds. The van der Waals surface area contributed by atoms with Crippen LogP contribution in [-0.4, -0.2) is 41.4 Å². The summed E-state index contributed by atoms with van der Waals surface area (Å²) in [5, 5.41) is 3.35. The number of nitrogens with zero attached hydrogens (tertiary/aromatic N) is 1. The highest BCUT2D eigenvalue weighted by molar-refractivity contribution is 6.16. The van der Waals surface area contributed by atoms with Gasteiger partial charge in [-0.2, -0.15) is 0 Å². The Bertz CT molecular complexity index is 100. The zero-order valence-electron chi connectivity index (χ0n) is 7.93. The molecule has 0 aliphatic carbocycles. The topological polar surface area (TPSA) is 15.3 Å². The van der Waals surface area contributed by atoms with Gasteiger partial charge in [-0.15, -0.1) is 5.70 Å². The number of nitrogens with one attached hydrogen (secondary N) is 1. The maximum absolute atomic E-state index is 3.35. The summed E-state index contributed by atoms with van der Waals surface area (Å²) in [5.41, 5.74) is 2.20. The van der Waals surface area contributed by atoms with Crippen molar-refractivity contribution in [2.24, 2.45) is 0 Å². The molecule has 0 fully saturated rings. The predicted molar refractivity (Wildman–Crippen MR) is 54.9 cm³/mol. The zero-order chi connectivity index (χ0) is 8.53. The molecule has 66 valence electrons. The van der Waals surface area contributed by atoms with Gasteiger partial charge in [-0.25, -0.2) is 0 Å². The Morgan fingerprint density at radius 2 is 2.00 bits per heavy atom. The van der Waals surface area contributed by atoms with Crippen LogP contribution in [0.25, 0.3) is 0 Å². The van der Waals surface area contributed by atoms with E-state index < -0.39 is 0 Å². The van der Waals surface area contributed by atoms with Crippen LogP contribution >= 0.6 is 0 Å². The van der Waals surface area contributed by atoms with E-state index >= 15 is 0 Å². The Labute approximate surface area is 73.1 Å². The van der Waals surface area contributed by atoms with E-state index in [0.29, 0.717) is 0 Å². The van der Waals surface area contributed by atoms with Gasteiger partial charge in [-0.05, 0) is 13.1 Å². The smallest absolute Gasteiger partial charge is 0.0482 e. The summed E-state index contributed by atoms with van der Waals surface area (Å²) in [7, 11) is 1.17. The van der Waals surface area contributed by atoms with Crippen molar-refractivity contribution in [3.8, 4) is 0 Å². The molecule has 11 heavy (non-hydrogen) atoms. The van der Waals surface area contributed by atoms with Crippen LogP contribution in [0.3, 0.4) is 0 Å². The third-order valence-electron chi connectivity index (χ3n) is 1.73. The van der Waals surface area contributed by atoms with E-state index in [1.54, 1.807) is 0 Å². The molecule has 2 nitrogen and oxygen atoms in total. The Balaban J connectivity index is 3.21. The van der Waals surface area contributed by atoms with E-state index in [1.165, 1.54) is 10.2 Å². The van der Waals surface area contributed by atoms with Crippen molar-refractivity contribution in [2.45, 2.75) is 13.8 Å². The third kappa shape index (κ3) is 6.28. The molecule has 0 heterocycles. The first-order valence-corrected chi connectivity index (χ1v) is 5.54. The summed E-state index contributed by atoms with van der Waals surface area (Å²) in [6.45, 7) is 8.67. The number of hydrogen-bond donors (Lipinski definition) is 1. The van der Waals surface area contributed by atoms with Gasteiger partial charge in [0.2, 0.25) is 0 Å². The van der Waals surface area contributed by atoms with Gasteiger partial charge in [0, 0.05) is 23.5 Å². The average molecular weight is 172 g/mol. The molecule has 0 unspecified atom stereocenters. The Morgan fingerprint density at radius 1 is 1.36 bits per heavy atom. The molecule has 0 spiro atoms. The minimum atomic E-state index is 1.01. The fourth-order valence-corrected chi connectivity index (χ4v) is 1.11. The van der Waals surface area contributed by atoms with Crippen molar-refractivity contribution in [1.82, 2.24) is 10.2 Å². The summed E-state index contributed by atoms with van der Waals surface area (Å²) >= 11 is 0. The van der Waals surface area contributed by atoms with E-state index in [-0.39, 0.29) is 0 Å². The second-order valence-corrected chi connectivity index (χ2v) is 3.15. The van der Waals surface area contributed by atoms with E-state index in [4.69, 9.17) is 0 Å². The SMILES string of the molecule is CCN(CC)CNCC=C[SiH3]. The van der Waals surface area contributed by atoms with Gasteiger partial charge in [0.15, 0.2) is 0 Å². The molecular weight excluding hydrogens is 152 g/mol. The van der Waals surface area contributed by atoms with Crippen molar-refractivity contribution >= 4 is 10.2 Å². The fraction of sp³-hybridized carbons (Fsp3) is 0.750. The maximum atomic E-state index is 3.35. The highest BCUT2D eigenvalue weighted by Gasteiger charge is 1.94. The first-order valence-electron chi connectivity index (χ1n) is 4.39. The van der Waals surface area contributed by atoms with Crippen molar-refractivity contribution in [3.63, 3.8) is 0 Å². The van der Waals surface area contributed by atoms with Gasteiger partial charge in [0.25, 0.3) is 0 Å². The molecule has 0 aliphatic heterocycles. The van der Waals surface area contributed by atoms with E-state index in [1.807, 2.05) is 0 Å². The molecular formula is C8H20N2Si. The highest BCUT2D eigenvalue weighted by Crippen LogP contribution is 1.81. The van der Waals surface area contributed by atoms with Crippen LogP contribution in [-0.2, 0) is 0 Å². The van der Waals surface area contributed by atoms with E-state index in [0.717, 1.165) is 26.3 Å². The second-order valence-electron chi connectivity index (χ2n) is 2.48. The average Bonchev–Trinajstić information content (AvgIpc) is 2.05. The van der Waals surface area contributed by atoms with Crippen molar-refractivity contribution in [2.75, 3.05) is 26.3 Å². The lowest BCUT2D eigenvalue weighted by Crippen LogP contribution is -2.33. The fourth-order valence-electron chi connectivity index (χ4n) is 0.871. The van der Waals surface area contributed by atoms with Gasteiger partial charge < -0.3 is 5.32 Å². The molecule has 0 saturated carbocycles. The first-order chi connectivity index (χ1) is 5.35. The van der Waals surface area contributed by atoms with E-state index in [2.05, 4.69) is 35.8 Å². The number of rotatable bonds is 6. The van der Waals surface area contributed by atoms with Crippen LogP contribution in [0.5, 0.6) is 0 Å². The molecule has 0 aromatic carbocycles. The predicted octanol–water partition coefficient (Wildman–Crippen LogP) is -0.246. The number of hydrogen-bond acceptors (Lipinski definition) is 2. The van der Waals surface area contributed by atoms with Crippen molar-refractivity contribution in [1.29, 1.82) is 0 Å². The highest BCUT2D eigenvalue weighted by atomic mass is 28.1. The molecule has 0 atom stereocenters. The maximum Gasteiger partial charge on any atom is 0.0482 e. The van der Waals surface area contributed by atoms with Crippen LogP contribution in [0.2, 0.25) is 0 Å². The Kier molecular flexibility index (Phi) is 7.89. The Morgan fingerprint density at radius 3 is 2.45 bits per heavy atom. The van der Waals surface area contributed by atoms with Crippen molar-refractivity contribution < 1.29 is 0 Å². The second kappa shape index (κ2) is 7.98. The summed E-state index contributed by atoms with van der Waals surface area (Å²) in [6, 6.07) is 0. The summed E-state index contributed by atoms with van der Waals surface area (Å²) in [6.07, 6.45) is 2.19. The van der Waals surface area contributed by atoms with Crippen LogP contribution < -0.4 is 5.32 Å². The van der Waals surface area contributed by atoms with Gasteiger partial charge in [-0.1, -0.05) is 19.9 Å². The first kappa shape index (κ1) is 10.9. The van der Waals surface area contributed by atoms with Crippen LogP contribution in [0.1, 0.15) is 13.8 Å². The van der Waals surface area contributed by atoms with Crippen molar-refractivity contribution in [3.05, 3.63) is 11.8 Å². The summed E-state index contributed by atoms with van der Waals surface area (Å²) in [5.74, 6) is 0. The molecule has 0 aromatic rings. The molecule has 0 bridgehead atoms. The standard InChI is InChI=1S/C8H20N2Si/c1-3-10(4-2)8-9-6-5-7-11/h5,7,9H,3-4,6,8H2,1-2,11H3. The molecule has 0 rings (SSSR count). The van der Waals surface area contributed by atoms with Crippen LogP contribution in [0, 0.1) is 0 Å². The van der Waals surface area contributed by atoms with Gasteiger partial charge in [0.1, 0.15) is 0 Å².